The highest BCUT2D eigenvalue weighted by molar-refractivity contribution is 5.75. The molecule has 0 bridgehead atoms. The van der Waals surface area contributed by atoms with Crippen molar-refractivity contribution in [2.75, 3.05) is 4.90 Å². The van der Waals surface area contributed by atoms with Crippen molar-refractivity contribution in [2.45, 2.75) is 19.0 Å². The van der Waals surface area contributed by atoms with Gasteiger partial charge in [-0.15, -0.1) is 0 Å². The van der Waals surface area contributed by atoms with Gasteiger partial charge in [-0.2, -0.15) is 0 Å². The first-order valence-electron chi connectivity index (χ1n) is 3.77. The van der Waals surface area contributed by atoms with E-state index < -0.39 is 0 Å². The SMILES string of the molecule is CC1C2c3ccccc3N12. The number of hydrogen-bond acceptors (Lipinski definition) is 1. The fourth-order valence-electron chi connectivity index (χ4n) is 2.03. The van der Waals surface area contributed by atoms with E-state index in [0.29, 0.717) is 0 Å². The lowest BCUT2D eigenvalue weighted by molar-refractivity contribution is 1.01. The Kier molecular flexibility index (Phi) is 0.581. The van der Waals surface area contributed by atoms with E-state index in [1.165, 1.54) is 5.69 Å². The van der Waals surface area contributed by atoms with E-state index in [1.54, 1.807) is 5.56 Å². The van der Waals surface area contributed by atoms with E-state index in [4.69, 9.17) is 0 Å². The van der Waals surface area contributed by atoms with Crippen LogP contribution in [0.5, 0.6) is 0 Å². The highest BCUT2D eigenvalue weighted by Crippen LogP contribution is 2.59. The maximum absolute atomic E-state index is 2.45. The van der Waals surface area contributed by atoms with Crippen molar-refractivity contribution in [3.63, 3.8) is 0 Å². The zero-order chi connectivity index (χ0) is 6.72. The molecule has 1 aromatic carbocycles. The van der Waals surface area contributed by atoms with Crippen LogP contribution in [0.4, 0.5) is 5.69 Å². The average molecular weight is 131 g/mol. The van der Waals surface area contributed by atoms with E-state index in [-0.39, 0.29) is 0 Å². The van der Waals surface area contributed by atoms with Crippen LogP contribution in [0, 0.1) is 0 Å². The minimum Gasteiger partial charge on any atom is -0.357 e. The highest BCUT2D eigenvalue weighted by Gasteiger charge is 2.54. The molecule has 2 heterocycles. The largest absolute Gasteiger partial charge is 0.357 e. The van der Waals surface area contributed by atoms with Gasteiger partial charge in [0, 0.05) is 5.69 Å². The molecule has 0 amide bonds. The van der Waals surface area contributed by atoms with Crippen LogP contribution < -0.4 is 4.90 Å². The Morgan fingerprint density at radius 3 is 2.90 bits per heavy atom. The number of benzene rings is 1. The van der Waals surface area contributed by atoms with Gasteiger partial charge in [-0.1, -0.05) is 18.2 Å². The van der Waals surface area contributed by atoms with Gasteiger partial charge < -0.3 is 4.90 Å². The van der Waals surface area contributed by atoms with E-state index in [0.717, 1.165) is 12.1 Å². The maximum Gasteiger partial charge on any atom is 0.0767 e. The quantitative estimate of drug-likeness (QED) is 0.486. The minimum absolute atomic E-state index is 0.788. The van der Waals surface area contributed by atoms with Crippen LogP contribution in [0.1, 0.15) is 18.5 Å². The van der Waals surface area contributed by atoms with E-state index in [1.807, 2.05) is 0 Å². The Balaban J connectivity index is 2.19. The Hall–Kier alpha value is -0.980. The van der Waals surface area contributed by atoms with Crippen molar-refractivity contribution in [3.8, 4) is 0 Å². The van der Waals surface area contributed by atoms with E-state index in [2.05, 4.69) is 36.1 Å². The smallest absolute Gasteiger partial charge is 0.0767 e. The number of fused-ring (bicyclic) bond motifs is 4. The standard InChI is InChI=1S/C9H9N/c1-6-9-7-4-2-3-5-8(7)10(6)9/h2-6,9H,1H3. The summed E-state index contributed by atoms with van der Waals surface area (Å²) in [6.45, 7) is 2.28. The average Bonchev–Trinajstić information content (AvgIpc) is 2.49. The summed E-state index contributed by atoms with van der Waals surface area (Å²) in [4.78, 5) is 2.45. The molecule has 1 saturated heterocycles. The van der Waals surface area contributed by atoms with E-state index >= 15 is 0 Å². The predicted octanol–water partition coefficient (Wildman–Crippen LogP) is 1.95. The summed E-state index contributed by atoms with van der Waals surface area (Å²) in [6.07, 6.45) is 0. The van der Waals surface area contributed by atoms with Crippen molar-refractivity contribution in [1.29, 1.82) is 0 Å². The van der Waals surface area contributed by atoms with Crippen LogP contribution in [0.25, 0.3) is 0 Å². The number of rotatable bonds is 0. The second-order valence-electron chi connectivity index (χ2n) is 3.15. The third-order valence-electron chi connectivity index (χ3n) is 2.64. The number of anilines is 1. The molecule has 50 valence electrons. The molecule has 1 heteroatoms. The molecule has 0 N–H and O–H groups in total. The zero-order valence-electron chi connectivity index (χ0n) is 5.91. The molecule has 2 aliphatic heterocycles. The number of para-hydroxylation sites is 1. The lowest BCUT2D eigenvalue weighted by atomic mass is 10.0. The zero-order valence-corrected chi connectivity index (χ0v) is 5.91. The van der Waals surface area contributed by atoms with Crippen LogP contribution >= 0.6 is 0 Å². The van der Waals surface area contributed by atoms with Gasteiger partial charge in [0.15, 0.2) is 0 Å². The summed E-state index contributed by atoms with van der Waals surface area (Å²) in [5, 5.41) is 0. The van der Waals surface area contributed by atoms with Crippen molar-refractivity contribution >= 4 is 5.69 Å². The van der Waals surface area contributed by atoms with Crippen LogP contribution in [0.2, 0.25) is 0 Å². The summed E-state index contributed by atoms with van der Waals surface area (Å²) in [5.74, 6) is 0. The van der Waals surface area contributed by atoms with Crippen LogP contribution in [-0.2, 0) is 0 Å². The highest BCUT2D eigenvalue weighted by atomic mass is 15.4. The second-order valence-corrected chi connectivity index (χ2v) is 3.15. The molecule has 1 aromatic rings. The molecule has 3 rings (SSSR count). The molecule has 0 aromatic heterocycles. The molecule has 0 aliphatic carbocycles. The second kappa shape index (κ2) is 1.22. The Morgan fingerprint density at radius 1 is 1.30 bits per heavy atom. The summed E-state index contributed by atoms with van der Waals surface area (Å²) >= 11 is 0. The summed E-state index contributed by atoms with van der Waals surface area (Å²) in [6, 6.07) is 10.3. The summed E-state index contributed by atoms with van der Waals surface area (Å²) < 4.78 is 0. The van der Waals surface area contributed by atoms with Gasteiger partial charge in [0.25, 0.3) is 0 Å². The maximum atomic E-state index is 2.45. The molecule has 0 saturated carbocycles. The number of hydrogen-bond donors (Lipinski definition) is 0. The summed E-state index contributed by atoms with van der Waals surface area (Å²) in [7, 11) is 0. The molecule has 2 atom stereocenters. The predicted molar refractivity (Wildman–Crippen MR) is 41.1 cm³/mol. The molecular formula is C9H9N. The van der Waals surface area contributed by atoms with Crippen LogP contribution in [0.3, 0.4) is 0 Å². The molecule has 1 fully saturated rings. The first-order chi connectivity index (χ1) is 4.89. The normalized spacial score (nSPS) is 32.3. The molecule has 0 spiro atoms. The topological polar surface area (TPSA) is 3.01 Å². The molecule has 1 nitrogen and oxygen atoms in total. The van der Waals surface area contributed by atoms with Gasteiger partial charge in [0.1, 0.15) is 0 Å². The monoisotopic (exact) mass is 131 g/mol. The first-order valence-corrected chi connectivity index (χ1v) is 3.77. The summed E-state index contributed by atoms with van der Waals surface area (Å²) in [5.41, 5.74) is 3.01. The minimum atomic E-state index is 0.788. The lowest BCUT2D eigenvalue weighted by Gasteiger charge is -2.19. The number of nitrogens with zero attached hydrogens (tertiary/aromatic N) is 1. The van der Waals surface area contributed by atoms with Crippen LogP contribution in [0.15, 0.2) is 24.3 Å². The fourth-order valence-corrected chi connectivity index (χ4v) is 2.03. The molecule has 2 aliphatic rings. The Morgan fingerprint density at radius 2 is 2.10 bits per heavy atom. The van der Waals surface area contributed by atoms with Crippen molar-refractivity contribution in [3.05, 3.63) is 29.8 Å². The third-order valence-corrected chi connectivity index (χ3v) is 2.64. The van der Waals surface area contributed by atoms with Gasteiger partial charge in [-0.3, -0.25) is 0 Å². The van der Waals surface area contributed by atoms with Crippen LogP contribution in [-0.4, -0.2) is 6.04 Å². The van der Waals surface area contributed by atoms with Gasteiger partial charge in [0.05, 0.1) is 12.1 Å². The fraction of sp³-hybridized carbons (Fsp3) is 0.333. The van der Waals surface area contributed by atoms with Crippen molar-refractivity contribution in [2.24, 2.45) is 0 Å². The Bertz CT molecular complexity index is 264. The van der Waals surface area contributed by atoms with Gasteiger partial charge >= 0.3 is 0 Å². The van der Waals surface area contributed by atoms with Crippen molar-refractivity contribution in [1.82, 2.24) is 0 Å². The van der Waals surface area contributed by atoms with Gasteiger partial charge in [-0.05, 0) is 18.6 Å². The van der Waals surface area contributed by atoms with Crippen molar-refractivity contribution < 1.29 is 0 Å². The molecule has 10 heavy (non-hydrogen) atoms. The van der Waals surface area contributed by atoms with Gasteiger partial charge in [-0.25, -0.2) is 0 Å². The third kappa shape index (κ3) is 0.324. The Labute approximate surface area is 60.3 Å². The lowest BCUT2D eigenvalue weighted by Crippen LogP contribution is -2.07. The molecule has 0 radical (unpaired) electrons. The van der Waals surface area contributed by atoms with E-state index in [9.17, 15) is 0 Å². The molecule has 2 unspecified atom stereocenters. The van der Waals surface area contributed by atoms with Gasteiger partial charge in [0.2, 0.25) is 0 Å². The first kappa shape index (κ1) is 4.78. The molecular weight excluding hydrogens is 122 g/mol.